The second kappa shape index (κ2) is 7.08. The number of nitrogens with one attached hydrogen (secondary N) is 1. The molecule has 1 saturated heterocycles. The van der Waals surface area contributed by atoms with Gasteiger partial charge in [-0.1, -0.05) is 17.7 Å². The lowest BCUT2D eigenvalue weighted by Gasteiger charge is -2.39. The number of benzene rings is 1. The number of rotatable bonds is 5. The largest absolute Gasteiger partial charge is 0.390 e. The average Bonchev–Trinajstić information content (AvgIpc) is 2.50. The van der Waals surface area contributed by atoms with E-state index in [-0.39, 0.29) is 0 Å². The molecule has 1 aliphatic heterocycles. The number of hydrogen-bond donors (Lipinski definition) is 2. The second-order valence-electron chi connectivity index (χ2n) is 5.71. The van der Waals surface area contributed by atoms with Crippen LogP contribution in [0.2, 0.25) is 5.02 Å². The SMILES string of the molecule is CN(C)c1ccc([C@@H](N2CCNCC2)C(F)(F)CO)c(Cl)c1. The number of anilines is 1. The zero-order valence-corrected chi connectivity index (χ0v) is 13.6. The number of piperazine rings is 1. The van der Waals surface area contributed by atoms with Gasteiger partial charge in [-0.15, -0.1) is 0 Å². The molecule has 124 valence electrons. The summed E-state index contributed by atoms with van der Waals surface area (Å²) in [7, 11) is 3.73. The molecule has 0 radical (unpaired) electrons. The molecule has 22 heavy (non-hydrogen) atoms. The average molecular weight is 334 g/mol. The summed E-state index contributed by atoms with van der Waals surface area (Å²) in [5.41, 5.74) is 1.20. The van der Waals surface area contributed by atoms with Crippen LogP contribution in [0.25, 0.3) is 0 Å². The standard InChI is InChI=1S/C15H22ClF2N3O/c1-20(2)11-3-4-12(13(16)9-11)14(15(17,18)10-22)21-7-5-19-6-8-21/h3-4,9,14,19,22H,5-8,10H2,1-2H3/t14-/m1/s1. The molecule has 2 N–H and O–H groups in total. The van der Waals surface area contributed by atoms with Gasteiger partial charge < -0.3 is 15.3 Å². The Labute approximate surface area is 134 Å². The molecule has 1 aromatic carbocycles. The van der Waals surface area contributed by atoms with E-state index < -0.39 is 18.6 Å². The maximum Gasteiger partial charge on any atom is 0.289 e. The number of halogens is 3. The summed E-state index contributed by atoms with van der Waals surface area (Å²) in [4.78, 5) is 3.54. The van der Waals surface area contributed by atoms with E-state index in [0.717, 1.165) is 5.69 Å². The monoisotopic (exact) mass is 333 g/mol. The minimum Gasteiger partial charge on any atom is -0.390 e. The van der Waals surface area contributed by atoms with Crippen LogP contribution in [0.4, 0.5) is 14.5 Å². The lowest BCUT2D eigenvalue weighted by molar-refractivity contribution is -0.118. The molecule has 1 fully saturated rings. The maximum atomic E-state index is 14.3. The molecule has 0 saturated carbocycles. The van der Waals surface area contributed by atoms with Crippen LogP contribution >= 0.6 is 11.6 Å². The van der Waals surface area contributed by atoms with Crippen LogP contribution < -0.4 is 10.2 Å². The van der Waals surface area contributed by atoms with Gasteiger partial charge in [-0.05, 0) is 17.7 Å². The molecule has 0 spiro atoms. The van der Waals surface area contributed by atoms with Gasteiger partial charge in [0.05, 0.1) is 0 Å². The van der Waals surface area contributed by atoms with Gasteiger partial charge in [0.1, 0.15) is 12.6 Å². The third-order valence-corrected chi connectivity index (χ3v) is 4.25. The predicted molar refractivity (Wildman–Crippen MR) is 85.0 cm³/mol. The van der Waals surface area contributed by atoms with Crippen molar-refractivity contribution >= 4 is 17.3 Å². The molecule has 0 bridgehead atoms. The number of aliphatic hydroxyl groups excluding tert-OH is 1. The molecule has 0 aromatic heterocycles. The Morgan fingerprint density at radius 1 is 1.36 bits per heavy atom. The summed E-state index contributed by atoms with van der Waals surface area (Å²) in [5, 5.41) is 12.6. The fourth-order valence-corrected chi connectivity index (χ4v) is 3.01. The van der Waals surface area contributed by atoms with Gasteiger partial charge in [-0.25, -0.2) is 8.78 Å². The summed E-state index contributed by atoms with van der Waals surface area (Å²) in [6.45, 7) is 1.07. The summed E-state index contributed by atoms with van der Waals surface area (Å²) in [5.74, 6) is -3.25. The normalized spacial score (nSPS) is 18.3. The highest BCUT2D eigenvalue weighted by molar-refractivity contribution is 6.31. The summed E-state index contributed by atoms with van der Waals surface area (Å²) in [6, 6.07) is 3.86. The van der Waals surface area contributed by atoms with Gasteiger partial charge >= 0.3 is 0 Å². The molecule has 2 rings (SSSR count). The number of alkyl halides is 2. The van der Waals surface area contributed by atoms with Crippen LogP contribution in [-0.2, 0) is 0 Å². The Hall–Kier alpha value is -0.950. The van der Waals surface area contributed by atoms with Gasteiger partial charge in [0.2, 0.25) is 0 Å². The minimum absolute atomic E-state index is 0.294. The highest BCUT2D eigenvalue weighted by atomic mass is 35.5. The van der Waals surface area contributed by atoms with Gasteiger partial charge in [-0.2, -0.15) is 0 Å². The highest BCUT2D eigenvalue weighted by Crippen LogP contribution is 2.40. The van der Waals surface area contributed by atoms with E-state index in [1.54, 1.807) is 23.1 Å². The zero-order valence-electron chi connectivity index (χ0n) is 12.8. The van der Waals surface area contributed by atoms with E-state index in [1.165, 1.54) is 0 Å². The number of hydrogen-bond acceptors (Lipinski definition) is 4. The molecule has 1 atom stereocenters. The molecule has 0 unspecified atom stereocenters. The summed E-state index contributed by atoms with van der Waals surface area (Å²) >= 11 is 6.27. The molecule has 1 aromatic rings. The summed E-state index contributed by atoms with van der Waals surface area (Å²) < 4.78 is 28.7. The molecular weight excluding hydrogens is 312 g/mol. The molecular formula is C15H22ClF2N3O. The van der Waals surface area contributed by atoms with Gasteiger partial charge in [0, 0.05) is 51.0 Å². The lowest BCUT2D eigenvalue weighted by Crippen LogP contribution is -2.51. The first-order valence-corrected chi connectivity index (χ1v) is 7.65. The van der Waals surface area contributed by atoms with Gasteiger partial charge in [0.25, 0.3) is 5.92 Å². The van der Waals surface area contributed by atoms with Crippen molar-refractivity contribution in [1.29, 1.82) is 0 Å². The van der Waals surface area contributed by atoms with E-state index in [2.05, 4.69) is 5.32 Å². The van der Waals surface area contributed by atoms with Crippen molar-refractivity contribution in [2.24, 2.45) is 0 Å². The molecule has 1 aliphatic rings. The fraction of sp³-hybridized carbons (Fsp3) is 0.600. The Bertz CT molecular complexity index is 508. The van der Waals surface area contributed by atoms with Crippen molar-refractivity contribution in [2.75, 3.05) is 51.8 Å². The molecule has 7 heteroatoms. The second-order valence-corrected chi connectivity index (χ2v) is 6.12. The van der Waals surface area contributed by atoms with Crippen LogP contribution in [0.5, 0.6) is 0 Å². The number of aliphatic hydroxyl groups is 1. The predicted octanol–water partition coefficient (Wildman–Crippen LogP) is 1.98. The third-order valence-electron chi connectivity index (χ3n) is 3.92. The topological polar surface area (TPSA) is 38.7 Å². The van der Waals surface area contributed by atoms with Crippen LogP contribution in [0, 0.1) is 0 Å². The Kier molecular flexibility index (Phi) is 5.60. The van der Waals surface area contributed by atoms with Crippen LogP contribution in [0.3, 0.4) is 0 Å². The highest BCUT2D eigenvalue weighted by Gasteiger charge is 2.44. The molecule has 4 nitrogen and oxygen atoms in total. The van der Waals surface area contributed by atoms with E-state index in [1.807, 2.05) is 19.0 Å². The number of nitrogens with zero attached hydrogens (tertiary/aromatic N) is 2. The van der Waals surface area contributed by atoms with Crippen molar-refractivity contribution in [2.45, 2.75) is 12.0 Å². The van der Waals surface area contributed by atoms with Crippen LogP contribution in [-0.4, -0.2) is 62.8 Å². The summed E-state index contributed by atoms with van der Waals surface area (Å²) in [6.07, 6.45) is 0. The van der Waals surface area contributed by atoms with Crippen molar-refractivity contribution < 1.29 is 13.9 Å². The van der Waals surface area contributed by atoms with E-state index in [0.29, 0.717) is 36.8 Å². The molecule has 1 heterocycles. The zero-order chi connectivity index (χ0) is 16.3. The Morgan fingerprint density at radius 3 is 2.50 bits per heavy atom. The Morgan fingerprint density at radius 2 is 2.00 bits per heavy atom. The Balaban J connectivity index is 2.40. The van der Waals surface area contributed by atoms with E-state index in [4.69, 9.17) is 16.7 Å². The van der Waals surface area contributed by atoms with Gasteiger partial charge in [-0.3, -0.25) is 4.90 Å². The molecule has 0 amide bonds. The van der Waals surface area contributed by atoms with Crippen molar-refractivity contribution in [3.8, 4) is 0 Å². The van der Waals surface area contributed by atoms with Crippen LogP contribution in [0.1, 0.15) is 11.6 Å². The van der Waals surface area contributed by atoms with Crippen LogP contribution in [0.15, 0.2) is 18.2 Å². The van der Waals surface area contributed by atoms with Crippen molar-refractivity contribution in [3.05, 3.63) is 28.8 Å². The van der Waals surface area contributed by atoms with E-state index in [9.17, 15) is 8.78 Å². The quantitative estimate of drug-likeness (QED) is 0.864. The lowest BCUT2D eigenvalue weighted by atomic mass is 9.97. The van der Waals surface area contributed by atoms with Crippen molar-refractivity contribution in [1.82, 2.24) is 10.2 Å². The first-order chi connectivity index (χ1) is 10.4. The van der Waals surface area contributed by atoms with Crippen molar-refractivity contribution in [3.63, 3.8) is 0 Å². The maximum absolute atomic E-state index is 14.3. The van der Waals surface area contributed by atoms with Gasteiger partial charge in [0.15, 0.2) is 0 Å². The smallest absolute Gasteiger partial charge is 0.289 e. The van der Waals surface area contributed by atoms with E-state index >= 15 is 0 Å². The first-order valence-electron chi connectivity index (χ1n) is 7.27. The first kappa shape index (κ1) is 17.4. The third kappa shape index (κ3) is 3.68. The minimum atomic E-state index is -3.25. The molecule has 0 aliphatic carbocycles. The fourth-order valence-electron chi connectivity index (χ4n) is 2.73.